The van der Waals surface area contributed by atoms with E-state index < -0.39 is 21.0 Å². The van der Waals surface area contributed by atoms with Gasteiger partial charge >= 0.3 is 0 Å². The van der Waals surface area contributed by atoms with Gasteiger partial charge in [-0.15, -0.1) is 0 Å². The topological polar surface area (TPSA) is 63.4 Å². The number of nitrogens with two attached hydrogens (primary N) is 1. The second-order valence-corrected chi connectivity index (χ2v) is 8.41. The molecule has 2 N–H and O–H groups in total. The van der Waals surface area contributed by atoms with E-state index in [1.165, 1.54) is 12.3 Å². The summed E-state index contributed by atoms with van der Waals surface area (Å²) in [5, 5.41) is -0.670. The lowest BCUT2D eigenvalue weighted by atomic mass is 10.1. The van der Waals surface area contributed by atoms with Crippen molar-refractivity contribution in [1.29, 1.82) is 0 Å². The fraction of sp³-hybridized carbons (Fsp3) is 0.538. The Labute approximate surface area is 123 Å². The molecule has 0 saturated carbocycles. The van der Waals surface area contributed by atoms with Crippen LogP contribution in [0.5, 0.6) is 0 Å². The molecule has 112 valence electrons. The molecule has 0 bridgehead atoms. The van der Waals surface area contributed by atoms with Crippen LogP contribution in [0.2, 0.25) is 0 Å². The first-order valence-corrected chi connectivity index (χ1v) is 9.50. The summed E-state index contributed by atoms with van der Waals surface area (Å²) < 4.78 is 38.0. The highest BCUT2D eigenvalue weighted by molar-refractivity contribution is 8.01. The summed E-state index contributed by atoms with van der Waals surface area (Å²) >= 11 is 1.58. The second kappa shape index (κ2) is 5.91. The maximum absolute atomic E-state index is 14.3. The number of benzene rings is 1. The van der Waals surface area contributed by atoms with Gasteiger partial charge in [0, 0.05) is 30.3 Å². The molecule has 2 rings (SSSR count). The molecule has 1 saturated heterocycles. The summed E-state index contributed by atoms with van der Waals surface area (Å²) in [7, 11) is -3.25. The van der Waals surface area contributed by atoms with Gasteiger partial charge in [0.1, 0.15) is 11.2 Å². The molecule has 0 amide bonds. The molecule has 0 radical (unpaired) electrons. The SMILES string of the molecule is C[C@@H](N)c1ccc(N2CCSCC2S(C)(=O)=O)c(F)c1. The standard InChI is InChI=1S/C13H19FN2O2S2/c1-9(15)10-3-4-12(11(14)7-10)16-5-6-19-8-13(16)20(2,17)18/h3-4,7,9,13H,5-6,8,15H2,1-2H3/t9-,13?/m1/s1. The minimum atomic E-state index is -3.25. The number of nitrogens with zero attached hydrogens (tertiary/aromatic N) is 1. The van der Waals surface area contributed by atoms with Crippen LogP contribution in [0.3, 0.4) is 0 Å². The van der Waals surface area contributed by atoms with E-state index in [1.54, 1.807) is 35.7 Å². The first-order chi connectivity index (χ1) is 9.30. The molecule has 2 atom stereocenters. The fourth-order valence-corrected chi connectivity index (χ4v) is 5.08. The molecule has 0 spiro atoms. The highest BCUT2D eigenvalue weighted by atomic mass is 32.2. The molecule has 1 aromatic carbocycles. The quantitative estimate of drug-likeness (QED) is 0.920. The molecule has 1 aliphatic heterocycles. The normalized spacial score (nSPS) is 21.8. The fourth-order valence-electron chi connectivity index (χ4n) is 2.25. The number of halogens is 1. The van der Waals surface area contributed by atoms with Gasteiger partial charge < -0.3 is 10.6 Å². The van der Waals surface area contributed by atoms with E-state index in [-0.39, 0.29) is 6.04 Å². The van der Waals surface area contributed by atoms with Gasteiger partial charge in [-0.1, -0.05) is 6.07 Å². The van der Waals surface area contributed by atoms with Crippen molar-refractivity contribution in [2.24, 2.45) is 5.73 Å². The van der Waals surface area contributed by atoms with Crippen molar-refractivity contribution in [3.63, 3.8) is 0 Å². The Kier molecular flexibility index (Phi) is 4.61. The molecule has 1 heterocycles. The van der Waals surface area contributed by atoms with E-state index in [0.717, 1.165) is 5.75 Å². The Morgan fingerprint density at radius 3 is 2.75 bits per heavy atom. The largest absolute Gasteiger partial charge is 0.351 e. The van der Waals surface area contributed by atoms with E-state index in [1.807, 2.05) is 0 Å². The minimum absolute atomic E-state index is 0.249. The van der Waals surface area contributed by atoms with Crippen LogP contribution in [0.15, 0.2) is 18.2 Å². The van der Waals surface area contributed by atoms with Crippen LogP contribution in [-0.4, -0.2) is 38.1 Å². The van der Waals surface area contributed by atoms with Gasteiger partial charge in [-0.25, -0.2) is 12.8 Å². The summed E-state index contributed by atoms with van der Waals surface area (Å²) in [5.74, 6) is 0.841. The molecular weight excluding hydrogens is 299 g/mol. The lowest BCUT2D eigenvalue weighted by molar-refractivity contribution is 0.578. The zero-order valence-corrected chi connectivity index (χ0v) is 13.2. The van der Waals surface area contributed by atoms with Crippen molar-refractivity contribution in [3.05, 3.63) is 29.6 Å². The molecule has 1 aromatic rings. The van der Waals surface area contributed by atoms with E-state index in [2.05, 4.69) is 0 Å². The Morgan fingerprint density at radius 2 is 2.20 bits per heavy atom. The molecule has 1 aliphatic rings. The summed E-state index contributed by atoms with van der Waals surface area (Å²) in [4.78, 5) is 1.64. The predicted octanol–water partition coefficient (Wildman–Crippen LogP) is 1.77. The third-order valence-electron chi connectivity index (χ3n) is 3.39. The maximum Gasteiger partial charge on any atom is 0.169 e. The van der Waals surface area contributed by atoms with Crippen molar-refractivity contribution in [2.75, 3.05) is 29.2 Å². The maximum atomic E-state index is 14.3. The monoisotopic (exact) mass is 318 g/mol. The highest BCUT2D eigenvalue weighted by Gasteiger charge is 2.32. The van der Waals surface area contributed by atoms with E-state index in [4.69, 9.17) is 5.73 Å². The average molecular weight is 318 g/mol. The van der Waals surface area contributed by atoms with Crippen LogP contribution >= 0.6 is 11.8 Å². The van der Waals surface area contributed by atoms with Crippen molar-refractivity contribution >= 4 is 27.3 Å². The number of anilines is 1. The van der Waals surface area contributed by atoms with Crippen LogP contribution in [0, 0.1) is 5.82 Å². The number of sulfone groups is 1. The molecular formula is C13H19FN2O2S2. The van der Waals surface area contributed by atoms with Crippen molar-refractivity contribution in [2.45, 2.75) is 18.3 Å². The van der Waals surface area contributed by atoms with Gasteiger partial charge in [0.25, 0.3) is 0 Å². The Bertz CT molecular complexity index is 590. The summed E-state index contributed by atoms with van der Waals surface area (Å²) in [5.41, 5.74) is 6.77. The van der Waals surface area contributed by atoms with E-state index in [9.17, 15) is 12.8 Å². The molecule has 0 aromatic heterocycles. The molecule has 4 nitrogen and oxygen atoms in total. The molecule has 7 heteroatoms. The number of rotatable bonds is 3. The lowest BCUT2D eigenvalue weighted by Gasteiger charge is -2.36. The highest BCUT2D eigenvalue weighted by Crippen LogP contribution is 2.30. The van der Waals surface area contributed by atoms with Gasteiger partial charge in [-0.2, -0.15) is 11.8 Å². The Hall–Kier alpha value is -0.790. The first-order valence-electron chi connectivity index (χ1n) is 6.39. The average Bonchev–Trinajstić information content (AvgIpc) is 2.37. The van der Waals surface area contributed by atoms with Crippen LogP contribution in [0.25, 0.3) is 0 Å². The van der Waals surface area contributed by atoms with Crippen molar-refractivity contribution in [3.8, 4) is 0 Å². The molecule has 0 aliphatic carbocycles. The van der Waals surface area contributed by atoms with Crippen molar-refractivity contribution in [1.82, 2.24) is 0 Å². The number of thioether (sulfide) groups is 1. The predicted molar refractivity (Wildman–Crippen MR) is 82.3 cm³/mol. The number of hydrogen-bond acceptors (Lipinski definition) is 5. The van der Waals surface area contributed by atoms with Gasteiger partial charge in [-0.3, -0.25) is 0 Å². The second-order valence-electron chi connectivity index (χ2n) is 5.05. The lowest BCUT2D eigenvalue weighted by Crippen LogP contribution is -2.47. The summed E-state index contributed by atoms with van der Waals surface area (Å²) in [6, 6.07) is 4.52. The van der Waals surface area contributed by atoms with Crippen LogP contribution < -0.4 is 10.6 Å². The van der Waals surface area contributed by atoms with E-state index >= 15 is 0 Å². The third-order valence-corrected chi connectivity index (χ3v) is 6.03. The minimum Gasteiger partial charge on any atom is -0.351 e. The Morgan fingerprint density at radius 1 is 1.50 bits per heavy atom. The van der Waals surface area contributed by atoms with E-state index in [0.29, 0.717) is 23.5 Å². The van der Waals surface area contributed by atoms with Gasteiger partial charge in [0.05, 0.1) is 5.69 Å². The van der Waals surface area contributed by atoms with Crippen LogP contribution in [0.1, 0.15) is 18.5 Å². The van der Waals surface area contributed by atoms with Crippen LogP contribution in [-0.2, 0) is 9.84 Å². The van der Waals surface area contributed by atoms with Crippen LogP contribution in [0.4, 0.5) is 10.1 Å². The summed E-state index contributed by atoms with van der Waals surface area (Å²) in [6.45, 7) is 2.31. The first kappa shape index (κ1) is 15.6. The smallest absolute Gasteiger partial charge is 0.169 e. The third kappa shape index (κ3) is 3.27. The molecule has 1 unspecified atom stereocenters. The molecule has 20 heavy (non-hydrogen) atoms. The van der Waals surface area contributed by atoms with Crippen molar-refractivity contribution < 1.29 is 12.8 Å². The zero-order chi connectivity index (χ0) is 14.9. The number of hydrogen-bond donors (Lipinski definition) is 1. The zero-order valence-electron chi connectivity index (χ0n) is 11.5. The van der Waals surface area contributed by atoms with Gasteiger partial charge in [0.2, 0.25) is 0 Å². The summed E-state index contributed by atoms with van der Waals surface area (Å²) in [6.07, 6.45) is 1.20. The van der Waals surface area contributed by atoms with Gasteiger partial charge in [-0.05, 0) is 24.6 Å². The molecule has 1 fully saturated rings. The van der Waals surface area contributed by atoms with Gasteiger partial charge in [0.15, 0.2) is 9.84 Å². The Balaban J connectivity index is 2.38.